The summed E-state index contributed by atoms with van der Waals surface area (Å²) < 4.78 is 0. The van der Waals surface area contributed by atoms with Crippen LogP contribution in [0.4, 0.5) is 11.4 Å². The summed E-state index contributed by atoms with van der Waals surface area (Å²) in [6, 6.07) is 8.13. The highest BCUT2D eigenvalue weighted by molar-refractivity contribution is 6.36. The molecule has 0 aliphatic heterocycles. The maximum atomic E-state index is 12.1. The monoisotopic (exact) mass is 326 g/mol. The smallest absolute Gasteiger partial charge is 0.292 e. The molecule has 0 saturated heterocycles. The van der Waals surface area contributed by atoms with Gasteiger partial charge in [0.2, 0.25) is 0 Å². The van der Waals surface area contributed by atoms with Crippen molar-refractivity contribution in [3.05, 3.63) is 62.1 Å². The molecule has 0 atom stereocenters. The van der Waals surface area contributed by atoms with Gasteiger partial charge >= 0.3 is 0 Å². The molecular formula is C13H8Cl2N2O4. The van der Waals surface area contributed by atoms with Crippen molar-refractivity contribution < 1.29 is 14.8 Å². The highest BCUT2D eigenvalue weighted by Crippen LogP contribution is 2.32. The number of amides is 1. The zero-order valence-corrected chi connectivity index (χ0v) is 11.9. The van der Waals surface area contributed by atoms with E-state index in [1.807, 2.05) is 0 Å². The SMILES string of the molecule is O=C(Nc1ccccc1[N+](=O)[O-])c1cc(Cl)cc(Cl)c1O. The summed E-state index contributed by atoms with van der Waals surface area (Å²) in [6.07, 6.45) is 0. The van der Waals surface area contributed by atoms with Gasteiger partial charge in [-0.3, -0.25) is 14.9 Å². The summed E-state index contributed by atoms with van der Waals surface area (Å²) >= 11 is 11.5. The molecule has 0 saturated carbocycles. The van der Waals surface area contributed by atoms with Gasteiger partial charge in [-0.15, -0.1) is 0 Å². The molecule has 1 amide bonds. The zero-order chi connectivity index (χ0) is 15.6. The van der Waals surface area contributed by atoms with E-state index in [1.54, 1.807) is 0 Å². The van der Waals surface area contributed by atoms with Crippen molar-refractivity contribution in [2.45, 2.75) is 0 Å². The third kappa shape index (κ3) is 3.24. The number of phenols is 1. The normalized spacial score (nSPS) is 10.2. The molecule has 108 valence electrons. The Labute approximate surface area is 129 Å². The van der Waals surface area contributed by atoms with Crippen LogP contribution in [0.15, 0.2) is 36.4 Å². The van der Waals surface area contributed by atoms with Crippen LogP contribution in [0.25, 0.3) is 0 Å². The van der Waals surface area contributed by atoms with Gasteiger partial charge in [-0.05, 0) is 18.2 Å². The van der Waals surface area contributed by atoms with E-state index in [1.165, 1.54) is 36.4 Å². The number of carbonyl (C=O) groups excluding carboxylic acids is 1. The quantitative estimate of drug-likeness (QED) is 0.661. The summed E-state index contributed by atoms with van der Waals surface area (Å²) in [7, 11) is 0. The van der Waals surface area contributed by atoms with Crippen LogP contribution in [0.3, 0.4) is 0 Å². The first kappa shape index (κ1) is 15.1. The van der Waals surface area contributed by atoms with Crippen LogP contribution in [0.5, 0.6) is 5.75 Å². The van der Waals surface area contributed by atoms with E-state index in [0.717, 1.165) is 0 Å². The fraction of sp³-hybridized carbons (Fsp3) is 0. The van der Waals surface area contributed by atoms with E-state index in [9.17, 15) is 20.0 Å². The summed E-state index contributed by atoms with van der Waals surface area (Å²) in [5.74, 6) is -1.21. The lowest BCUT2D eigenvalue weighted by Crippen LogP contribution is -2.13. The second kappa shape index (κ2) is 5.99. The molecule has 21 heavy (non-hydrogen) atoms. The summed E-state index contributed by atoms with van der Waals surface area (Å²) in [6.45, 7) is 0. The fourth-order valence-corrected chi connectivity index (χ4v) is 2.16. The van der Waals surface area contributed by atoms with Crippen LogP contribution in [-0.2, 0) is 0 Å². The van der Waals surface area contributed by atoms with Gasteiger partial charge in [0.1, 0.15) is 11.4 Å². The number of hydrogen-bond acceptors (Lipinski definition) is 4. The van der Waals surface area contributed by atoms with Crippen LogP contribution < -0.4 is 5.32 Å². The van der Waals surface area contributed by atoms with Gasteiger partial charge in [-0.1, -0.05) is 35.3 Å². The number of aromatic hydroxyl groups is 1. The first-order valence-corrected chi connectivity index (χ1v) is 6.38. The van der Waals surface area contributed by atoms with Crippen LogP contribution in [0.1, 0.15) is 10.4 Å². The Hall–Kier alpha value is -2.31. The second-order valence-corrected chi connectivity index (χ2v) is 4.86. The average molecular weight is 327 g/mol. The van der Waals surface area contributed by atoms with Crippen LogP contribution >= 0.6 is 23.2 Å². The van der Waals surface area contributed by atoms with Crippen molar-refractivity contribution in [1.29, 1.82) is 0 Å². The Bertz CT molecular complexity index is 734. The Morgan fingerprint density at radius 3 is 2.57 bits per heavy atom. The molecule has 0 spiro atoms. The van der Waals surface area contributed by atoms with Gasteiger partial charge < -0.3 is 10.4 Å². The lowest BCUT2D eigenvalue weighted by molar-refractivity contribution is -0.383. The Morgan fingerprint density at radius 1 is 1.24 bits per heavy atom. The Morgan fingerprint density at radius 2 is 1.90 bits per heavy atom. The van der Waals surface area contributed by atoms with Gasteiger partial charge in [0.25, 0.3) is 11.6 Å². The minimum Gasteiger partial charge on any atom is -0.506 e. The molecule has 2 aromatic carbocycles. The number of nitro groups is 1. The minimum atomic E-state index is -0.758. The fourth-order valence-electron chi connectivity index (χ4n) is 1.67. The molecule has 2 N–H and O–H groups in total. The van der Waals surface area contributed by atoms with Gasteiger partial charge in [-0.25, -0.2) is 0 Å². The van der Waals surface area contributed by atoms with Crippen molar-refractivity contribution >= 4 is 40.5 Å². The van der Waals surface area contributed by atoms with E-state index in [0.29, 0.717) is 0 Å². The Kier molecular flexibility index (Phi) is 4.30. The van der Waals surface area contributed by atoms with E-state index in [-0.39, 0.29) is 27.0 Å². The molecule has 0 fully saturated rings. The van der Waals surface area contributed by atoms with Crippen LogP contribution in [-0.4, -0.2) is 15.9 Å². The summed E-state index contributed by atoms with van der Waals surface area (Å²) in [4.78, 5) is 22.4. The van der Waals surface area contributed by atoms with Crippen LogP contribution in [0.2, 0.25) is 10.0 Å². The van der Waals surface area contributed by atoms with Crippen molar-refractivity contribution in [2.75, 3.05) is 5.32 Å². The molecule has 0 radical (unpaired) electrons. The van der Waals surface area contributed by atoms with Crippen molar-refractivity contribution in [3.8, 4) is 5.75 Å². The highest BCUT2D eigenvalue weighted by atomic mass is 35.5. The van der Waals surface area contributed by atoms with Crippen molar-refractivity contribution in [1.82, 2.24) is 0 Å². The standard InChI is InChI=1S/C13H8Cl2N2O4/c14-7-5-8(12(18)9(15)6-7)13(19)16-10-3-1-2-4-11(10)17(20)21/h1-6,18H,(H,16,19). The number of carbonyl (C=O) groups is 1. The first-order valence-electron chi connectivity index (χ1n) is 5.63. The largest absolute Gasteiger partial charge is 0.506 e. The predicted molar refractivity (Wildman–Crippen MR) is 79.2 cm³/mol. The molecule has 0 aliphatic rings. The number of hydrogen-bond donors (Lipinski definition) is 2. The molecule has 0 aliphatic carbocycles. The first-order chi connectivity index (χ1) is 9.90. The van der Waals surface area contributed by atoms with E-state index in [2.05, 4.69) is 5.32 Å². The third-order valence-electron chi connectivity index (χ3n) is 2.62. The zero-order valence-electron chi connectivity index (χ0n) is 10.3. The average Bonchev–Trinajstić information content (AvgIpc) is 2.43. The minimum absolute atomic E-state index is 0.00278. The maximum Gasteiger partial charge on any atom is 0.292 e. The number of halogens is 2. The molecule has 2 aromatic rings. The number of rotatable bonds is 3. The second-order valence-electron chi connectivity index (χ2n) is 4.01. The lowest BCUT2D eigenvalue weighted by Gasteiger charge is -2.08. The van der Waals surface area contributed by atoms with Crippen molar-refractivity contribution in [3.63, 3.8) is 0 Å². The molecule has 0 heterocycles. The molecule has 2 rings (SSSR count). The van der Waals surface area contributed by atoms with E-state index < -0.39 is 16.6 Å². The van der Waals surface area contributed by atoms with Gasteiger partial charge in [0.05, 0.1) is 15.5 Å². The van der Waals surface area contributed by atoms with E-state index in [4.69, 9.17) is 23.2 Å². The number of nitrogens with one attached hydrogen (secondary N) is 1. The molecule has 6 nitrogen and oxygen atoms in total. The number of anilines is 1. The van der Waals surface area contributed by atoms with Crippen LogP contribution in [0, 0.1) is 10.1 Å². The van der Waals surface area contributed by atoms with Gasteiger partial charge in [-0.2, -0.15) is 0 Å². The number of nitrogens with zero attached hydrogens (tertiary/aromatic N) is 1. The van der Waals surface area contributed by atoms with Crippen molar-refractivity contribution in [2.24, 2.45) is 0 Å². The number of para-hydroxylation sites is 2. The van der Waals surface area contributed by atoms with Gasteiger partial charge in [0, 0.05) is 11.1 Å². The lowest BCUT2D eigenvalue weighted by atomic mass is 10.1. The maximum absolute atomic E-state index is 12.1. The Balaban J connectivity index is 2.38. The summed E-state index contributed by atoms with van der Waals surface area (Å²) in [5, 5.41) is 23.1. The molecule has 8 heteroatoms. The van der Waals surface area contributed by atoms with E-state index >= 15 is 0 Å². The number of phenolic OH excluding ortho intramolecular Hbond substituents is 1. The molecule has 0 aromatic heterocycles. The molecular weight excluding hydrogens is 319 g/mol. The highest BCUT2D eigenvalue weighted by Gasteiger charge is 2.19. The number of nitro benzene ring substituents is 1. The van der Waals surface area contributed by atoms with Gasteiger partial charge in [0.15, 0.2) is 0 Å². The molecule has 0 bridgehead atoms. The summed E-state index contributed by atoms with van der Waals surface area (Å²) in [5.41, 5.74) is -0.438. The molecule has 0 unspecified atom stereocenters. The topological polar surface area (TPSA) is 92.5 Å². The third-order valence-corrected chi connectivity index (χ3v) is 3.13. The number of benzene rings is 2. The predicted octanol–water partition coefficient (Wildman–Crippen LogP) is 3.86.